The Hall–Kier alpha value is -2.76. The zero-order valence-corrected chi connectivity index (χ0v) is 20.9. The number of rotatable bonds is 3. The largest absolute Gasteiger partial charge is 0.339 e. The van der Waals surface area contributed by atoms with Gasteiger partial charge in [-0.25, -0.2) is 4.57 Å². The minimum absolute atomic E-state index is 0.0883. The molecular weight excluding hydrogens is 444 g/mol. The number of hydrogen-bond acceptors (Lipinski definition) is 3. The third kappa shape index (κ3) is 4.23. The number of benzene rings is 1. The molecular formula is C28H32ClN4O+. The number of aryl methyl sites for hydroxylation is 3. The Morgan fingerprint density at radius 1 is 1.03 bits per heavy atom. The minimum atomic E-state index is -0.559. The summed E-state index contributed by atoms with van der Waals surface area (Å²) in [6, 6.07) is 14.7. The van der Waals surface area contributed by atoms with Crippen LogP contribution >= 0.6 is 11.6 Å². The summed E-state index contributed by atoms with van der Waals surface area (Å²) in [5.41, 5.74) is 5.52. The molecule has 3 aromatic rings. The summed E-state index contributed by atoms with van der Waals surface area (Å²) in [5, 5.41) is 0.781. The van der Waals surface area contributed by atoms with Crippen molar-refractivity contribution in [3.8, 4) is 0 Å². The highest BCUT2D eigenvalue weighted by molar-refractivity contribution is 6.30. The van der Waals surface area contributed by atoms with Crippen LogP contribution in [-0.4, -0.2) is 46.9 Å². The monoisotopic (exact) mass is 475 g/mol. The molecule has 5 rings (SSSR count). The first-order valence-electron chi connectivity index (χ1n) is 12.1. The van der Waals surface area contributed by atoms with E-state index in [1.807, 2.05) is 73.2 Å². The second-order valence-corrected chi connectivity index (χ2v) is 10.4. The lowest BCUT2D eigenvalue weighted by molar-refractivity contribution is -0.671. The second kappa shape index (κ2) is 9.12. The zero-order chi connectivity index (χ0) is 23.9. The number of nitrogens with zero attached hydrogens (tertiary/aromatic N) is 4. The topological polar surface area (TPSA) is 40.3 Å². The van der Waals surface area contributed by atoms with Crippen LogP contribution in [0.15, 0.2) is 61.1 Å². The van der Waals surface area contributed by atoms with Gasteiger partial charge in [0.2, 0.25) is 5.91 Å². The number of hydrogen-bond donors (Lipinski definition) is 0. The van der Waals surface area contributed by atoms with Crippen LogP contribution in [0.5, 0.6) is 0 Å². The molecule has 2 aromatic heterocycles. The lowest BCUT2D eigenvalue weighted by Gasteiger charge is -2.42. The Balaban J connectivity index is 1.39. The van der Waals surface area contributed by atoms with Crippen LogP contribution in [-0.2, 0) is 30.1 Å². The first kappa shape index (κ1) is 23.0. The molecule has 0 saturated carbocycles. The van der Waals surface area contributed by atoms with Crippen LogP contribution in [0.25, 0.3) is 0 Å². The Bertz CT molecular complexity index is 1200. The van der Waals surface area contributed by atoms with E-state index >= 15 is 0 Å². The molecule has 2 aliphatic rings. The van der Waals surface area contributed by atoms with Gasteiger partial charge in [0, 0.05) is 49.5 Å². The van der Waals surface area contributed by atoms with E-state index in [9.17, 15) is 4.79 Å². The number of amides is 1. The molecule has 0 N–H and O–H groups in total. The van der Waals surface area contributed by atoms with Crippen molar-refractivity contribution in [1.29, 1.82) is 0 Å². The lowest BCUT2D eigenvalue weighted by Crippen LogP contribution is -2.54. The molecule has 1 atom stereocenters. The van der Waals surface area contributed by atoms with E-state index in [-0.39, 0.29) is 11.9 Å². The van der Waals surface area contributed by atoms with Gasteiger partial charge >= 0.3 is 0 Å². The van der Waals surface area contributed by atoms with Crippen LogP contribution in [0, 0.1) is 0 Å². The summed E-state index contributed by atoms with van der Waals surface area (Å²) in [6.45, 7) is 7.11. The van der Waals surface area contributed by atoms with Crippen molar-refractivity contribution >= 4 is 17.5 Å². The van der Waals surface area contributed by atoms with Crippen molar-refractivity contribution in [2.75, 3.05) is 26.2 Å². The van der Waals surface area contributed by atoms with Gasteiger partial charge in [0.05, 0.1) is 17.2 Å². The summed E-state index contributed by atoms with van der Waals surface area (Å²) >= 11 is 6.36. The van der Waals surface area contributed by atoms with Gasteiger partial charge in [-0.1, -0.05) is 23.7 Å². The highest BCUT2D eigenvalue weighted by Gasteiger charge is 2.38. The summed E-state index contributed by atoms with van der Waals surface area (Å²) in [4.78, 5) is 22.9. The normalized spacial score (nSPS) is 18.7. The molecule has 1 fully saturated rings. The van der Waals surface area contributed by atoms with E-state index in [1.54, 1.807) is 0 Å². The molecule has 1 amide bonds. The third-order valence-electron chi connectivity index (χ3n) is 7.45. The van der Waals surface area contributed by atoms with Gasteiger partial charge in [-0.15, -0.1) is 0 Å². The molecule has 0 radical (unpaired) electrons. The highest BCUT2D eigenvalue weighted by atomic mass is 35.5. The Morgan fingerprint density at radius 2 is 1.74 bits per heavy atom. The molecule has 1 saturated heterocycles. The van der Waals surface area contributed by atoms with Crippen LogP contribution in [0.3, 0.4) is 0 Å². The van der Waals surface area contributed by atoms with Crippen molar-refractivity contribution in [2.24, 2.45) is 7.05 Å². The van der Waals surface area contributed by atoms with Crippen molar-refractivity contribution < 1.29 is 9.36 Å². The lowest BCUT2D eigenvalue weighted by atomic mass is 9.83. The maximum Gasteiger partial charge on any atom is 0.232 e. The SMILES string of the molecule is C[n+]1ccc(C(C)(C)C(=O)N2CCN(C3c4ccc(Cl)cc4CCc4cccnc43)CC2)cc1. The fourth-order valence-corrected chi connectivity index (χ4v) is 5.57. The number of piperazine rings is 1. The van der Waals surface area contributed by atoms with E-state index in [0.29, 0.717) is 13.1 Å². The van der Waals surface area contributed by atoms with Gasteiger partial charge in [0.15, 0.2) is 12.4 Å². The molecule has 176 valence electrons. The average molecular weight is 476 g/mol. The van der Waals surface area contributed by atoms with Gasteiger partial charge in [0.25, 0.3) is 0 Å². The van der Waals surface area contributed by atoms with E-state index in [1.165, 1.54) is 16.7 Å². The number of carbonyl (C=O) groups excluding carboxylic acids is 1. The standard InChI is InChI=1S/C28H32ClN4O/c1-28(2,22-10-13-31(3)14-11-22)27(34)33-17-15-32(16-18-33)26-24-9-8-23(29)19-21(24)7-6-20-5-4-12-30-25(20)26/h4-5,8-14,19,26H,6-7,15-18H2,1-3H3/q+1. The minimum Gasteiger partial charge on any atom is -0.339 e. The number of carbonyl (C=O) groups is 1. The van der Waals surface area contributed by atoms with Gasteiger partial charge in [-0.05, 0) is 67.1 Å². The van der Waals surface area contributed by atoms with Crippen molar-refractivity contribution in [3.05, 3.63) is 94.0 Å². The molecule has 5 nitrogen and oxygen atoms in total. The molecule has 34 heavy (non-hydrogen) atoms. The fourth-order valence-electron chi connectivity index (χ4n) is 5.37. The molecule has 6 heteroatoms. The molecule has 0 spiro atoms. The molecule has 3 heterocycles. The van der Waals surface area contributed by atoms with Crippen LogP contribution < -0.4 is 4.57 Å². The van der Waals surface area contributed by atoms with Gasteiger partial charge < -0.3 is 4.90 Å². The van der Waals surface area contributed by atoms with E-state index in [4.69, 9.17) is 16.6 Å². The number of fused-ring (bicyclic) bond motifs is 2. The maximum atomic E-state index is 13.6. The molecule has 1 aromatic carbocycles. The third-order valence-corrected chi connectivity index (χ3v) is 7.68. The quantitative estimate of drug-likeness (QED) is 0.540. The van der Waals surface area contributed by atoms with Crippen molar-refractivity contribution in [3.63, 3.8) is 0 Å². The Morgan fingerprint density at radius 3 is 2.47 bits per heavy atom. The smallest absolute Gasteiger partial charge is 0.232 e. The van der Waals surface area contributed by atoms with Gasteiger partial charge in [-0.3, -0.25) is 14.7 Å². The summed E-state index contributed by atoms with van der Waals surface area (Å²) in [7, 11) is 1.99. The molecule has 1 aliphatic carbocycles. The Kier molecular flexibility index (Phi) is 6.17. The van der Waals surface area contributed by atoms with E-state index in [0.717, 1.165) is 42.2 Å². The first-order valence-corrected chi connectivity index (χ1v) is 12.4. The van der Waals surface area contributed by atoms with Crippen LogP contribution in [0.1, 0.15) is 47.8 Å². The van der Waals surface area contributed by atoms with E-state index in [2.05, 4.69) is 23.1 Å². The summed E-state index contributed by atoms with van der Waals surface area (Å²) < 4.78 is 1.99. The molecule has 0 bridgehead atoms. The van der Waals surface area contributed by atoms with Crippen molar-refractivity contribution in [2.45, 2.75) is 38.1 Å². The number of halogens is 1. The zero-order valence-electron chi connectivity index (χ0n) is 20.2. The first-order chi connectivity index (χ1) is 16.3. The maximum absolute atomic E-state index is 13.6. The molecule has 1 aliphatic heterocycles. The summed E-state index contributed by atoms with van der Waals surface area (Å²) in [5.74, 6) is 0.188. The number of aromatic nitrogens is 2. The second-order valence-electron chi connectivity index (χ2n) is 10.00. The molecule has 1 unspecified atom stereocenters. The predicted molar refractivity (Wildman–Crippen MR) is 134 cm³/mol. The highest BCUT2D eigenvalue weighted by Crippen LogP contribution is 2.37. The average Bonchev–Trinajstić information content (AvgIpc) is 3.00. The predicted octanol–water partition coefficient (Wildman–Crippen LogP) is 3.87. The summed E-state index contributed by atoms with van der Waals surface area (Å²) in [6.07, 6.45) is 7.83. The fraction of sp³-hybridized carbons (Fsp3) is 0.393. The number of pyridine rings is 2. The van der Waals surface area contributed by atoms with Crippen molar-refractivity contribution in [1.82, 2.24) is 14.8 Å². The van der Waals surface area contributed by atoms with Crippen LogP contribution in [0.4, 0.5) is 0 Å². The van der Waals surface area contributed by atoms with Gasteiger partial charge in [-0.2, -0.15) is 0 Å². The van der Waals surface area contributed by atoms with Crippen LogP contribution in [0.2, 0.25) is 5.02 Å². The Labute approximate surface area is 207 Å². The van der Waals surface area contributed by atoms with E-state index < -0.39 is 5.41 Å². The van der Waals surface area contributed by atoms with Gasteiger partial charge in [0.1, 0.15) is 7.05 Å².